The maximum Gasteiger partial charge on any atom is 0.251 e. The van der Waals surface area contributed by atoms with E-state index in [-0.39, 0.29) is 16.8 Å². The molecule has 0 aliphatic heterocycles. The third-order valence-corrected chi connectivity index (χ3v) is 6.26. The number of sulfonamides is 1. The number of pyridine rings is 1. The highest BCUT2D eigenvalue weighted by molar-refractivity contribution is 7.89. The Kier molecular flexibility index (Phi) is 6.56. The standard InChI is InChI=1S/C19H26N4O3S/c1-14(2)23(5)27(25,26)17-10-6-8-15(12-17)19(24)21-13-16-9-7-11-20-18(16)22(3)4/h6-12,14H,13H2,1-5H3,(H,21,24). The highest BCUT2D eigenvalue weighted by atomic mass is 32.2. The van der Waals surface area contributed by atoms with Crippen molar-refractivity contribution in [2.24, 2.45) is 0 Å². The highest BCUT2D eigenvalue weighted by Crippen LogP contribution is 2.18. The molecule has 0 saturated carbocycles. The van der Waals surface area contributed by atoms with E-state index in [0.29, 0.717) is 12.1 Å². The van der Waals surface area contributed by atoms with Crippen LogP contribution >= 0.6 is 0 Å². The summed E-state index contributed by atoms with van der Waals surface area (Å²) in [5.74, 6) is 0.431. The van der Waals surface area contributed by atoms with Gasteiger partial charge in [-0.1, -0.05) is 12.1 Å². The van der Waals surface area contributed by atoms with E-state index in [1.54, 1.807) is 32.2 Å². The summed E-state index contributed by atoms with van der Waals surface area (Å²) in [6.45, 7) is 3.89. The number of anilines is 1. The second-order valence-corrected chi connectivity index (χ2v) is 8.70. The maximum absolute atomic E-state index is 12.6. The van der Waals surface area contributed by atoms with Gasteiger partial charge in [-0.2, -0.15) is 4.31 Å². The van der Waals surface area contributed by atoms with Crippen molar-refractivity contribution in [1.82, 2.24) is 14.6 Å². The van der Waals surface area contributed by atoms with Gasteiger partial charge in [-0.3, -0.25) is 4.79 Å². The lowest BCUT2D eigenvalue weighted by atomic mass is 10.2. The highest BCUT2D eigenvalue weighted by Gasteiger charge is 2.24. The third-order valence-electron chi connectivity index (χ3n) is 4.23. The molecule has 0 saturated heterocycles. The summed E-state index contributed by atoms with van der Waals surface area (Å²) in [7, 11) is 1.65. The molecular formula is C19H26N4O3S. The van der Waals surface area contributed by atoms with Gasteiger partial charge in [0.1, 0.15) is 5.82 Å². The van der Waals surface area contributed by atoms with Crippen LogP contribution < -0.4 is 10.2 Å². The zero-order valence-corrected chi connectivity index (χ0v) is 17.1. The summed E-state index contributed by atoms with van der Waals surface area (Å²) >= 11 is 0. The molecule has 146 valence electrons. The fraction of sp³-hybridized carbons (Fsp3) is 0.368. The van der Waals surface area contributed by atoms with E-state index >= 15 is 0 Å². The van der Waals surface area contributed by atoms with E-state index in [1.165, 1.54) is 23.5 Å². The number of nitrogens with one attached hydrogen (secondary N) is 1. The van der Waals surface area contributed by atoms with Crippen LogP contribution in [-0.2, 0) is 16.6 Å². The smallest absolute Gasteiger partial charge is 0.251 e. The fourth-order valence-electron chi connectivity index (χ4n) is 2.49. The summed E-state index contributed by atoms with van der Waals surface area (Å²) in [6, 6.07) is 9.59. The van der Waals surface area contributed by atoms with Crippen molar-refractivity contribution in [3.8, 4) is 0 Å². The van der Waals surface area contributed by atoms with Crippen molar-refractivity contribution >= 4 is 21.7 Å². The minimum absolute atomic E-state index is 0.0988. The molecule has 2 aromatic rings. The van der Waals surface area contributed by atoms with E-state index < -0.39 is 10.0 Å². The predicted octanol–water partition coefficient (Wildman–Crippen LogP) is 2.11. The number of carbonyl (C=O) groups is 1. The molecule has 0 spiro atoms. The summed E-state index contributed by atoms with van der Waals surface area (Å²) in [5, 5.41) is 2.83. The minimum Gasteiger partial charge on any atom is -0.362 e. The first-order chi connectivity index (χ1) is 12.6. The zero-order valence-electron chi connectivity index (χ0n) is 16.3. The van der Waals surface area contributed by atoms with Crippen molar-refractivity contribution in [1.29, 1.82) is 0 Å². The minimum atomic E-state index is -3.64. The number of amides is 1. The Bertz CT molecular complexity index is 911. The third kappa shape index (κ3) is 4.84. The first kappa shape index (κ1) is 20.9. The molecule has 1 amide bonds. The number of hydrogen-bond acceptors (Lipinski definition) is 5. The zero-order chi connectivity index (χ0) is 20.2. The number of hydrogen-bond donors (Lipinski definition) is 1. The van der Waals surface area contributed by atoms with Crippen LogP contribution in [0.4, 0.5) is 5.82 Å². The lowest BCUT2D eigenvalue weighted by molar-refractivity contribution is 0.0950. The molecule has 1 heterocycles. The maximum atomic E-state index is 12.6. The van der Waals surface area contributed by atoms with Crippen LogP contribution in [0.1, 0.15) is 29.8 Å². The molecule has 2 rings (SSSR count). The summed E-state index contributed by atoms with van der Waals surface area (Å²) in [6.07, 6.45) is 1.69. The average Bonchev–Trinajstić information content (AvgIpc) is 2.65. The van der Waals surface area contributed by atoms with E-state index in [4.69, 9.17) is 0 Å². The van der Waals surface area contributed by atoms with Crippen LogP contribution in [-0.4, -0.2) is 50.8 Å². The van der Waals surface area contributed by atoms with Crippen LogP contribution in [0.2, 0.25) is 0 Å². The second kappa shape index (κ2) is 8.49. The molecule has 1 N–H and O–H groups in total. The topological polar surface area (TPSA) is 82.6 Å². The van der Waals surface area contributed by atoms with Crippen molar-refractivity contribution in [3.05, 3.63) is 53.7 Å². The van der Waals surface area contributed by atoms with Crippen LogP contribution in [0.5, 0.6) is 0 Å². The SMILES string of the molecule is CC(C)N(C)S(=O)(=O)c1cccc(C(=O)NCc2cccnc2N(C)C)c1. The van der Waals surface area contributed by atoms with Crippen LogP contribution in [0.15, 0.2) is 47.5 Å². The number of nitrogens with zero attached hydrogens (tertiary/aromatic N) is 3. The Balaban J connectivity index is 2.19. The summed E-state index contributed by atoms with van der Waals surface area (Å²) < 4.78 is 26.5. The van der Waals surface area contributed by atoms with Crippen molar-refractivity contribution in [3.63, 3.8) is 0 Å². The molecule has 0 fully saturated rings. The first-order valence-electron chi connectivity index (χ1n) is 8.62. The summed E-state index contributed by atoms with van der Waals surface area (Å²) in [4.78, 5) is 18.8. The van der Waals surface area contributed by atoms with Crippen LogP contribution in [0.25, 0.3) is 0 Å². The largest absolute Gasteiger partial charge is 0.362 e. The average molecular weight is 391 g/mol. The Labute approximate surface area is 161 Å². The Morgan fingerprint density at radius 3 is 2.48 bits per heavy atom. The van der Waals surface area contributed by atoms with Gasteiger partial charge in [0.15, 0.2) is 0 Å². The van der Waals surface area contributed by atoms with Gasteiger partial charge < -0.3 is 10.2 Å². The van der Waals surface area contributed by atoms with Gasteiger partial charge in [-0.15, -0.1) is 0 Å². The fourth-order valence-corrected chi connectivity index (χ4v) is 3.90. The molecule has 7 nitrogen and oxygen atoms in total. The van der Waals surface area contributed by atoms with Gasteiger partial charge >= 0.3 is 0 Å². The molecule has 0 bridgehead atoms. The first-order valence-corrected chi connectivity index (χ1v) is 10.1. The van der Waals surface area contributed by atoms with Crippen molar-refractivity contribution in [2.75, 3.05) is 26.0 Å². The molecular weight excluding hydrogens is 364 g/mol. The number of aromatic nitrogens is 1. The van der Waals surface area contributed by atoms with Gasteiger partial charge in [0.25, 0.3) is 5.91 Å². The Hall–Kier alpha value is -2.45. The molecule has 0 atom stereocenters. The Morgan fingerprint density at radius 1 is 1.15 bits per heavy atom. The number of rotatable bonds is 7. The molecule has 27 heavy (non-hydrogen) atoms. The van der Waals surface area contributed by atoms with E-state index in [2.05, 4.69) is 10.3 Å². The van der Waals surface area contributed by atoms with Gasteiger partial charge in [-0.25, -0.2) is 13.4 Å². The monoisotopic (exact) mass is 390 g/mol. The van der Waals surface area contributed by atoms with Gasteiger partial charge in [0.2, 0.25) is 10.0 Å². The van der Waals surface area contributed by atoms with Crippen LogP contribution in [0, 0.1) is 0 Å². The van der Waals surface area contributed by atoms with E-state index in [1.807, 2.05) is 31.1 Å². The molecule has 0 aliphatic carbocycles. The van der Waals surface area contributed by atoms with Gasteiger partial charge in [-0.05, 0) is 38.1 Å². The predicted molar refractivity (Wildman–Crippen MR) is 106 cm³/mol. The van der Waals surface area contributed by atoms with Crippen molar-refractivity contribution in [2.45, 2.75) is 31.3 Å². The molecule has 1 aromatic heterocycles. The quantitative estimate of drug-likeness (QED) is 0.783. The normalized spacial score (nSPS) is 11.7. The number of carbonyl (C=O) groups excluding carboxylic acids is 1. The molecule has 0 radical (unpaired) electrons. The molecule has 1 aromatic carbocycles. The molecule has 8 heteroatoms. The second-order valence-electron chi connectivity index (χ2n) is 6.71. The van der Waals surface area contributed by atoms with E-state index in [9.17, 15) is 13.2 Å². The van der Waals surface area contributed by atoms with E-state index in [0.717, 1.165) is 11.4 Å². The lowest BCUT2D eigenvalue weighted by Crippen LogP contribution is -2.33. The Morgan fingerprint density at radius 2 is 1.85 bits per heavy atom. The number of benzene rings is 1. The van der Waals surface area contributed by atoms with Crippen molar-refractivity contribution < 1.29 is 13.2 Å². The van der Waals surface area contributed by atoms with Crippen LogP contribution in [0.3, 0.4) is 0 Å². The molecule has 0 unspecified atom stereocenters. The molecule has 0 aliphatic rings. The lowest BCUT2D eigenvalue weighted by Gasteiger charge is -2.21. The van der Waals surface area contributed by atoms with Gasteiger partial charge in [0.05, 0.1) is 4.90 Å². The summed E-state index contributed by atoms with van der Waals surface area (Å²) in [5.41, 5.74) is 1.17. The van der Waals surface area contributed by atoms with Gasteiger partial charge in [0, 0.05) is 51.1 Å².